The Hall–Kier alpha value is -5.18. The lowest BCUT2D eigenvalue weighted by atomic mass is 10.2. The van der Waals surface area contributed by atoms with E-state index in [1.165, 1.54) is 18.2 Å². The van der Waals surface area contributed by atoms with Crippen LogP contribution in [0.25, 0.3) is 6.08 Å². The van der Waals surface area contributed by atoms with Gasteiger partial charge in [-0.3, -0.25) is 24.6 Å². The number of halogens is 3. The maximum atomic E-state index is 13.2. The Bertz CT molecular complexity index is 1890. The summed E-state index contributed by atoms with van der Waals surface area (Å²) in [6, 6.07) is 12.3. The van der Waals surface area contributed by atoms with E-state index in [1.54, 1.807) is 65.6 Å². The van der Waals surface area contributed by atoms with Gasteiger partial charge in [0.2, 0.25) is 5.91 Å². The van der Waals surface area contributed by atoms with E-state index >= 15 is 0 Å². The average molecular weight is 760 g/mol. The number of aromatic nitrogens is 3. The van der Waals surface area contributed by atoms with Gasteiger partial charge in [-0.15, -0.1) is 35.6 Å². The van der Waals surface area contributed by atoms with Crippen LogP contribution in [0.15, 0.2) is 67.1 Å². The second kappa shape index (κ2) is 18.7. The van der Waals surface area contributed by atoms with E-state index in [4.69, 9.17) is 34.3 Å². The third-order valence-electron chi connectivity index (χ3n) is 7.57. The summed E-state index contributed by atoms with van der Waals surface area (Å²) >= 11 is 11.8. The molecule has 272 valence electrons. The van der Waals surface area contributed by atoms with Gasteiger partial charge in [0.1, 0.15) is 17.1 Å². The third kappa shape index (κ3) is 11.2. The van der Waals surface area contributed by atoms with E-state index in [1.807, 2.05) is 24.3 Å². The zero-order valence-corrected chi connectivity index (χ0v) is 30.7. The maximum Gasteiger partial charge on any atom is 0.272 e. The number of carbonyl (C=O) groups excluding carboxylic acids is 4. The van der Waals surface area contributed by atoms with Gasteiger partial charge in [0.15, 0.2) is 0 Å². The number of alkyl halides is 2. The molecule has 0 aliphatic carbocycles. The Labute approximate surface area is 311 Å². The van der Waals surface area contributed by atoms with Crippen molar-refractivity contribution in [2.45, 2.75) is 6.42 Å². The highest BCUT2D eigenvalue weighted by molar-refractivity contribution is 6.18. The highest BCUT2D eigenvalue weighted by atomic mass is 35.5. The van der Waals surface area contributed by atoms with Crippen molar-refractivity contribution in [1.82, 2.24) is 19.0 Å². The Morgan fingerprint density at radius 1 is 0.765 bits per heavy atom. The molecule has 0 unspecified atom stereocenters. The number of aryl methyl sites for hydroxylation is 3. The molecule has 4 aromatic rings. The molecule has 3 aromatic heterocycles. The summed E-state index contributed by atoms with van der Waals surface area (Å²) in [5, 5.41) is 18.3. The zero-order valence-electron chi connectivity index (χ0n) is 28.3. The van der Waals surface area contributed by atoms with Crippen LogP contribution in [0.3, 0.4) is 0 Å². The summed E-state index contributed by atoms with van der Waals surface area (Å²) in [6.45, 7) is 1.58. The number of nitrogens with one attached hydrogen (secondary N) is 5. The Kier molecular flexibility index (Phi) is 14.8. The Morgan fingerprint density at radius 2 is 1.22 bits per heavy atom. The minimum absolute atomic E-state index is 0. The Balaban J connectivity index is 0.00000702. The molecule has 0 aliphatic rings. The summed E-state index contributed by atoms with van der Waals surface area (Å²) in [4.78, 5) is 53.5. The standard InChI is InChI=1S/C34H40Cl2N10O4.ClH/c1-43-20-24(17-27(43)32(48)39-13-10-30(37)38)41-34(50)29-18-25(21-45(29)3)42-33(49)28-16-23(19-44(28)2)40-31(47)9-6-22-4-7-26(8-5-22)46(14-11-35)15-12-36;/h4-9,16-21H,10-15H2,1-3H3,(H3,37,38)(H,39,48)(H,40,47)(H,41,50)(H,42,49);1H/b9-6+;. The minimum atomic E-state index is -0.449. The fourth-order valence-electron chi connectivity index (χ4n) is 5.09. The normalized spacial score (nSPS) is 10.8. The van der Waals surface area contributed by atoms with Crippen molar-refractivity contribution in [3.05, 3.63) is 89.8 Å². The molecule has 1 aromatic carbocycles. The van der Waals surface area contributed by atoms with Gasteiger partial charge in [0.05, 0.1) is 22.9 Å². The van der Waals surface area contributed by atoms with E-state index in [0.717, 1.165) is 11.3 Å². The number of rotatable bonds is 16. The van der Waals surface area contributed by atoms with Gasteiger partial charge in [0, 0.05) is 89.3 Å². The number of hydrogen-bond acceptors (Lipinski definition) is 6. The highest BCUT2D eigenvalue weighted by Gasteiger charge is 2.19. The van der Waals surface area contributed by atoms with E-state index in [-0.39, 0.29) is 54.4 Å². The number of hydrogen-bond donors (Lipinski definition) is 6. The molecule has 0 spiro atoms. The third-order valence-corrected chi connectivity index (χ3v) is 7.91. The lowest BCUT2D eigenvalue weighted by Gasteiger charge is -2.22. The SMILES string of the molecule is Cl.Cn1cc(NC(=O)c2cc(NC(=O)c3cc(NC(=O)/C=C/c4ccc(N(CCCl)CCCl)cc4)cn3C)cn2C)cc1C(=O)NCCC(=N)N. The number of amides is 4. The number of nitrogens with two attached hydrogens (primary N) is 1. The first kappa shape index (κ1) is 40.3. The first-order valence-corrected chi connectivity index (χ1v) is 16.6. The van der Waals surface area contributed by atoms with Gasteiger partial charge in [0.25, 0.3) is 17.7 Å². The lowest BCUT2D eigenvalue weighted by molar-refractivity contribution is -0.111. The molecule has 14 nitrogen and oxygen atoms in total. The molecular formula is C34H41Cl3N10O4. The number of amidine groups is 1. The summed E-state index contributed by atoms with van der Waals surface area (Å²) < 4.78 is 4.72. The zero-order chi connectivity index (χ0) is 36.4. The number of anilines is 4. The molecule has 17 heteroatoms. The van der Waals surface area contributed by atoms with Crippen LogP contribution in [-0.2, 0) is 25.9 Å². The van der Waals surface area contributed by atoms with Crippen molar-refractivity contribution in [1.29, 1.82) is 5.41 Å². The largest absolute Gasteiger partial charge is 0.388 e. The molecule has 0 atom stereocenters. The first-order valence-electron chi connectivity index (χ1n) is 15.6. The van der Waals surface area contributed by atoms with Gasteiger partial charge in [-0.25, -0.2) is 0 Å². The van der Waals surface area contributed by atoms with Crippen molar-refractivity contribution in [3.8, 4) is 0 Å². The molecule has 7 N–H and O–H groups in total. The van der Waals surface area contributed by atoms with E-state index < -0.39 is 11.8 Å². The van der Waals surface area contributed by atoms with Gasteiger partial charge in [-0.2, -0.15) is 0 Å². The molecule has 0 bridgehead atoms. The van der Waals surface area contributed by atoms with Crippen molar-refractivity contribution >= 4 is 93.9 Å². The molecule has 4 amide bonds. The molecule has 0 saturated carbocycles. The summed E-state index contributed by atoms with van der Waals surface area (Å²) in [5.41, 5.74) is 9.24. The average Bonchev–Trinajstić information content (AvgIpc) is 3.74. The van der Waals surface area contributed by atoms with E-state index in [9.17, 15) is 19.2 Å². The quantitative estimate of drug-likeness (QED) is 0.0419. The van der Waals surface area contributed by atoms with Crippen LogP contribution >= 0.6 is 35.6 Å². The van der Waals surface area contributed by atoms with Crippen LogP contribution < -0.4 is 31.9 Å². The van der Waals surface area contributed by atoms with Crippen LogP contribution in [-0.4, -0.2) is 74.6 Å². The number of nitrogens with zero attached hydrogens (tertiary/aromatic N) is 4. The van der Waals surface area contributed by atoms with Crippen molar-refractivity contribution in [2.24, 2.45) is 26.9 Å². The molecule has 4 rings (SSSR count). The summed E-state index contributed by atoms with van der Waals surface area (Å²) in [6.07, 6.45) is 8.16. The van der Waals surface area contributed by atoms with E-state index in [2.05, 4.69) is 26.2 Å². The molecule has 3 heterocycles. The topological polar surface area (TPSA) is 184 Å². The van der Waals surface area contributed by atoms with Crippen LogP contribution in [0.4, 0.5) is 22.7 Å². The predicted octanol–water partition coefficient (Wildman–Crippen LogP) is 4.62. The van der Waals surface area contributed by atoms with Gasteiger partial charge in [-0.05, 0) is 42.0 Å². The van der Waals surface area contributed by atoms with Gasteiger partial charge in [-0.1, -0.05) is 12.1 Å². The van der Waals surface area contributed by atoms with Crippen LogP contribution in [0.2, 0.25) is 0 Å². The van der Waals surface area contributed by atoms with Crippen molar-refractivity contribution < 1.29 is 19.2 Å². The fraction of sp³-hybridized carbons (Fsp3) is 0.265. The second-order valence-electron chi connectivity index (χ2n) is 11.4. The second-order valence-corrected chi connectivity index (χ2v) is 12.1. The fourth-order valence-corrected chi connectivity index (χ4v) is 5.50. The summed E-state index contributed by atoms with van der Waals surface area (Å²) in [7, 11) is 5.02. The Morgan fingerprint density at radius 3 is 1.67 bits per heavy atom. The smallest absolute Gasteiger partial charge is 0.272 e. The minimum Gasteiger partial charge on any atom is -0.388 e. The molecular weight excluding hydrogens is 719 g/mol. The molecule has 51 heavy (non-hydrogen) atoms. The predicted molar refractivity (Wildman–Crippen MR) is 206 cm³/mol. The van der Waals surface area contributed by atoms with Crippen molar-refractivity contribution in [2.75, 3.05) is 52.2 Å². The highest BCUT2D eigenvalue weighted by Crippen LogP contribution is 2.20. The van der Waals surface area contributed by atoms with Gasteiger partial charge < -0.3 is 45.6 Å². The molecule has 0 saturated heterocycles. The number of carbonyl (C=O) groups is 4. The van der Waals surface area contributed by atoms with Crippen molar-refractivity contribution in [3.63, 3.8) is 0 Å². The summed E-state index contributed by atoms with van der Waals surface area (Å²) in [5.74, 6) is -0.681. The van der Waals surface area contributed by atoms with Crippen LogP contribution in [0, 0.1) is 5.41 Å². The number of benzene rings is 1. The monoisotopic (exact) mass is 758 g/mol. The molecule has 0 radical (unpaired) electrons. The molecule has 0 aliphatic heterocycles. The first-order chi connectivity index (χ1) is 23.9. The lowest BCUT2D eigenvalue weighted by Crippen LogP contribution is -2.28. The van der Waals surface area contributed by atoms with Gasteiger partial charge >= 0.3 is 0 Å². The van der Waals surface area contributed by atoms with Crippen LogP contribution in [0.5, 0.6) is 0 Å². The molecule has 0 fully saturated rings. The maximum absolute atomic E-state index is 13.2. The van der Waals surface area contributed by atoms with E-state index in [0.29, 0.717) is 47.6 Å². The van der Waals surface area contributed by atoms with Crippen LogP contribution in [0.1, 0.15) is 43.4 Å².